The molecule has 1 amide bonds. The number of nitrogens with one attached hydrogen (secondary N) is 2. The van der Waals surface area contributed by atoms with Crippen LogP contribution < -0.4 is 10.6 Å². The van der Waals surface area contributed by atoms with Crippen molar-refractivity contribution < 1.29 is 4.79 Å². The summed E-state index contributed by atoms with van der Waals surface area (Å²) in [5.74, 6) is -0.165. The van der Waals surface area contributed by atoms with Crippen molar-refractivity contribution in [2.75, 3.05) is 10.6 Å². The molecule has 0 bridgehead atoms. The molecule has 0 fully saturated rings. The number of nitrogens with zero attached hydrogens (tertiary/aromatic N) is 1. The maximum absolute atomic E-state index is 12.5. The fraction of sp³-hybridized carbons (Fsp3) is 0.182. The van der Waals surface area contributed by atoms with Gasteiger partial charge < -0.3 is 10.6 Å². The Morgan fingerprint density at radius 3 is 2.38 bits per heavy atom. The van der Waals surface area contributed by atoms with Crippen LogP contribution in [0.4, 0.5) is 11.4 Å². The summed E-state index contributed by atoms with van der Waals surface area (Å²) < 4.78 is 0. The molecule has 3 aromatic rings. The van der Waals surface area contributed by atoms with Crippen LogP contribution in [0.25, 0.3) is 0 Å². The molecule has 0 saturated heterocycles. The van der Waals surface area contributed by atoms with Crippen LogP contribution in [0.5, 0.6) is 0 Å². The lowest BCUT2D eigenvalue weighted by molar-refractivity contribution is 0.102. The Morgan fingerprint density at radius 2 is 1.65 bits per heavy atom. The Kier molecular flexibility index (Phi) is 5.32. The highest BCUT2D eigenvalue weighted by molar-refractivity contribution is 6.04. The summed E-state index contributed by atoms with van der Waals surface area (Å²) in [6.07, 6.45) is 3.30. The number of rotatable bonds is 5. The number of amides is 1. The molecule has 1 heterocycles. The van der Waals surface area contributed by atoms with Crippen LogP contribution >= 0.6 is 0 Å². The van der Waals surface area contributed by atoms with Gasteiger partial charge in [0.2, 0.25) is 0 Å². The van der Waals surface area contributed by atoms with Crippen molar-refractivity contribution in [3.05, 3.63) is 88.7 Å². The van der Waals surface area contributed by atoms with E-state index in [1.54, 1.807) is 12.4 Å². The molecule has 0 spiro atoms. The summed E-state index contributed by atoms with van der Waals surface area (Å²) in [5.41, 5.74) is 6.79. The molecule has 0 atom stereocenters. The van der Waals surface area contributed by atoms with Crippen LogP contribution in [0.1, 0.15) is 32.6 Å². The Hall–Kier alpha value is -3.14. The lowest BCUT2D eigenvalue weighted by atomic mass is 10.1. The number of anilines is 2. The van der Waals surface area contributed by atoms with Crippen molar-refractivity contribution >= 4 is 17.3 Å². The molecule has 0 saturated carbocycles. The first-order valence-corrected chi connectivity index (χ1v) is 8.64. The van der Waals surface area contributed by atoms with E-state index in [-0.39, 0.29) is 5.91 Å². The minimum absolute atomic E-state index is 0.165. The van der Waals surface area contributed by atoms with Gasteiger partial charge >= 0.3 is 0 Å². The van der Waals surface area contributed by atoms with E-state index in [1.165, 1.54) is 11.1 Å². The molecule has 132 valence electrons. The van der Waals surface area contributed by atoms with Crippen LogP contribution in [-0.2, 0) is 6.54 Å². The van der Waals surface area contributed by atoms with Crippen molar-refractivity contribution in [2.24, 2.45) is 0 Å². The van der Waals surface area contributed by atoms with Gasteiger partial charge in [-0.1, -0.05) is 35.9 Å². The van der Waals surface area contributed by atoms with E-state index >= 15 is 0 Å². The third kappa shape index (κ3) is 4.70. The van der Waals surface area contributed by atoms with E-state index in [9.17, 15) is 4.79 Å². The largest absolute Gasteiger partial charge is 0.380 e. The number of pyridine rings is 1. The molecular weight excluding hydrogens is 322 g/mol. The summed E-state index contributed by atoms with van der Waals surface area (Å²) in [6.45, 7) is 6.79. The molecule has 0 radical (unpaired) electrons. The zero-order valence-corrected chi connectivity index (χ0v) is 15.3. The Morgan fingerprint density at radius 1 is 0.885 bits per heavy atom. The molecule has 0 aliphatic rings. The molecule has 26 heavy (non-hydrogen) atoms. The van der Waals surface area contributed by atoms with E-state index in [0.29, 0.717) is 12.1 Å². The first-order chi connectivity index (χ1) is 12.5. The molecule has 0 unspecified atom stereocenters. The lowest BCUT2D eigenvalue weighted by Crippen LogP contribution is -2.13. The van der Waals surface area contributed by atoms with Gasteiger partial charge in [0, 0.05) is 24.6 Å². The van der Waals surface area contributed by atoms with Crippen molar-refractivity contribution in [1.82, 2.24) is 4.98 Å². The number of aromatic nitrogens is 1. The summed E-state index contributed by atoms with van der Waals surface area (Å²) in [7, 11) is 0. The van der Waals surface area contributed by atoms with Crippen LogP contribution in [0.2, 0.25) is 0 Å². The first-order valence-electron chi connectivity index (χ1n) is 8.64. The standard InChI is InChI=1S/C22H23N3O/c1-15-5-4-6-18(8-15)12-24-21-11-19(13-23-14-21)22(26)25-20-9-16(2)7-17(3)10-20/h4-11,13-14,24H,12H2,1-3H3,(H,25,26). The molecule has 4 nitrogen and oxygen atoms in total. The van der Waals surface area contributed by atoms with Gasteiger partial charge in [0.05, 0.1) is 11.3 Å². The smallest absolute Gasteiger partial charge is 0.257 e. The van der Waals surface area contributed by atoms with Crippen LogP contribution in [0.3, 0.4) is 0 Å². The highest BCUT2D eigenvalue weighted by Crippen LogP contribution is 2.16. The SMILES string of the molecule is Cc1cccc(CNc2cncc(C(=O)Nc3cc(C)cc(C)c3)c2)c1. The number of carbonyl (C=O) groups is 1. The van der Waals surface area contributed by atoms with Gasteiger partial charge in [-0.15, -0.1) is 0 Å². The number of benzene rings is 2. The minimum atomic E-state index is -0.165. The Balaban J connectivity index is 1.69. The molecule has 2 aromatic carbocycles. The fourth-order valence-corrected chi connectivity index (χ4v) is 2.94. The molecule has 0 aliphatic heterocycles. The summed E-state index contributed by atoms with van der Waals surface area (Å²) in [6, 6.07) is 16.1. The summed E-state index contributed by atoms with van der Waals surface area (Å²) in [5, 5.41) is 6.26. The van der Waals surface area contributed by atoms with E-state index < -0.39 is 0 Å². The van der Waals surface area contributed by atoms with E-state index in [4.69, 9.17) is 0 Å². The normalized spacial score (nSPS) is 10.4. The molecule has 2 N–H and O–H groups in total. The van der Waals surface area contributed by atoms with E-state index in [0.717, 1.165) is 22.5 Å². The number of hydrogen-bond donors (Lipinski definition) is 2. The zero-order chi connectivity index (χ0) is 18.5. The van der Waals surface area contributed by atoms with Gasteiger partial charge in [0.25, 0.3) is 5.91 Å². The molecule has 1 aromatic heterocycles. The highest BCUT2D eigenvalue weighted by Gasteiger charge is 2.08. The maximum Gasteiger partial charge on any atom is 0.257 e. The average molecular weight is 345 g/mol. The number of carbonyl (C=O) groups excluding carboxylic acids is 1. The van der Waals surface area contributed by atoms with Crippen molar-refractivity contribution in [3.63, 3.8) is 0 Å². The highest BCUT2D eigenvalue weighted by atomic mass is 16.1. The third-order valence-electron chi connectivity index (χ3n) is 4.06. The fourth-order valence-electron chi connectivity index (χ4n) is 2.94. The second kappa shape index (κ2) is 7.83. The molecule has 3 rings (SSSR count). The Bertz CT molecular complexity index is 914. The van der Waals surface area contributed by atoms with Crippen molar-refractivity contribution in [2.45, 2.75) is 27.3 Å². The van der Waals surface area contributed by atoms with Gasteiger partial charge in [0.1, 0.15) is 0 Å². The molecular formula is C22H23N3O. The summed E-state index contributed by atoms with van der Waals surface area (Å²) in [4.78, 5) is 16.7. The minimum Gasteiger partial charge on any atom is -0.380 e. The van der Waals surface area contributed by atoms with Crippen molar-refractivity contribution in [1.29, 1.82) is 0 Å². The van der Waals surface area contributed by atoms with Crippen LogP contribution in [0, 0.1) is 20.8 Å². The second-order valence-electron chi connectivity index (χ2n) is 6.64. The maximum atomic E-state index is 12.5. The van der Waals surface area contributed by atoms with E-state index in [1.807, 2.05) is 38.1 Å². The van der Waals surface area contributed by atoms with Crippen molar-refractivity contribution in [3.8, 4) is 0 Å². The zero-order valence-electron chi connectivity index (χ0n) is 15.3. The average Bonchev–Trinajstić information content (AvgIpc) is 2.59. The number of hydrogen-bond acceptors (Lipinski definition) is 3. The second-order valence-corrected chi connectivity index (χ2v) is 6.64. The molecule has 0 aliphatic carbocycles. The van der Waals surface area contributed by atoms with E-state index in [2.05, 4.69) is 46.8 Å². The van der Waals surface area contributed by atoms with Gasteiger partial charge in [-0.05, 0) is 55.7 Å². The van der Waals surface area contributed by atoms with Gasteiger partial charge in [-0.25, -0.2) is 0 Å². The molecule has 4 heteroatoms. The third-order valence-corrected chi connectivity index (χ3v) is 4.06. The van der Waals surface area contributed by atoms with Gasteiger partial charge in [0.15, 0.2) is 0 Å². The summed E-state index contributed by atoms with van der Waals surface area (Å²) >= 11 is 0. The predicted molar refractivity (Wildman–Crippen MR) is 107 cm³/mol. The number of aryl methyl sites for hydroxylation is 3. The quantitative estimate of drug-likeness (QED) is 0.693. The van der Waals surface area contributed by atoms with Crippen LogP contribution in [0.15, 0.2) is 60.9 Å². The van der Waals surface area contributed by atoms with Crippen LogP contribution in [-0.4, -0.2) is 10.9 Å². The predicted octanol–water partition coefficient (Wildman–Crippen LogP) is 4.87. The van der Waals surface area contributed by atoms with Gasteiger partial charge in [-0.3, -0.25) is 9.78 Å². The first kappa shape index (κ1) is 17.7. The topological polar surface area (TPSA) is 54.0 Å². The van der Waals surface area contributed by atoms with Gasteiger partial charge in [-0.2, -0.15) is 0 Å². The monoisotopic (exact) mass is 345 g/mol. The lowest BCUT2D eigenvalue weighted by Gasteiger charge is -2.10. The Labute approximate surface area is 154 Å².